The van der Waals surface area contributed by atoms with Gasteiger partial charge in [0, 0.05) is 5.69 Å². The first-order valence-electron chi connectivity index (χ1n) is 9.99. The van der Waals surface area contributed by atoms with Gasteiger partial charge in [-0.2, -0.15) is 0 Å². The molecule has 1 unspecified atom stereocenters. The molecule has 0 aromatic heterocycles. The molecule has 30 heavy (non-hydrogen) atoms. The molecule has 10 heteroatoms. The van der Waals surface area contributed by atoms with Crippen LogP contribution < -0.4 is 28.9 Å². The predicted molar refractivity (Wildman–Crippen MR) is 99.1 cm³/mol. The first kappa shape index (κ1) is 26.3. The van der Waals surface area contributed by atoms with E-state index in [0.717, 1.165) is 36.3 Å². The van der Waals surface area contributed by atoms with Gasteiger partial charge in [0.2, 0.25) is 0 Å². The Morgan fingerprint density at radius 2 is 1.60 bits per heavy atom. The van der Waals surface area contributed by atoms with E-state index in [1.807, 2.05) is 27.7 Å². The molecule has 1 atom stereocenters. The summed E-state index contributed by atoms with van der Waals surface area (Å²) in [5, 5.41) is 3.07. The monoisotopic (exact) mass is 446 g/mol. The van der Waals surface area contributed by atoms with E-state index >= 15 is 0 Å². The van der Waals surface area contributed by atoms with Crippen molar-refractivity contribution in [3.63, 3.8) is 0 Å². The first-order valence-corrected chi connectivity index (χ1v) is 11.2. The highest BCUT2D eigenvalue weighted by molar-refractivity contribution is 5.96. The third-order valence-electron chi connectivity index (χ3n) is 4.96. The molecule has 1 heterocycles. The second-order valence-electron chi connectivity index (χ2n) is 7.43. The van der Waals surface area contributed by atoms with Crippen LogP contribution in [0, 0.1) is 24.1 Å². The molecule has 2 rings (SSSR count). The van der Waals surface area contributed by atoms with Gasteiger partial charge in [-0.05, 0) is 69.7 Å². The number of hydrogen-bond acceptors (Lipinski definition) is 7. The van der Waals surface area contributed by atoms with E-state index in [2.05, 4.69) is 5.32 Å². The maximum atomic E-state index is 12.7. The van der Waals surface area contributed by atoms with Crippen LogP contribution in [-0.4, -0.2) is 37.6 Å². The Bertz CT molecular complexity index is 687. The van der Waals surface area contributed by atoms with Crippen molar-refractivity contribution in [2.45, 2.75) is 59.4 Å². The predicted octanol–water partition coefficient (Wildman–Crippen LogP) is -2.49. The molecule has 1 aromatic carbocycles. The van der Waals surface area contributed by atoms with Crippen molar-refractivity contribution < 1.29 is 48.1 Å². The quantitative estimate of drug-likeness (QED) is 0.458. The van der Waals surface area contributed by atoms with Crippen LogP contribution in [0.3, 0.4) is 0 Å². The number of carbonyl (C=O) groups excluding carboxylic acids is 2. The highest BCUT2D eigenvalue weighted by atomic mass is 35.7. The molecule has 0 aliphatic carbocycles. The summed E-state index contributed by atoms with van der Waals surface area (Å²) in [6.07, 6.45) is 4.46. The van der Waals surface area contributed by atoms with E-state index in [1.165, 1.54) is 24.2 Å². The Hall–Kier alpha value is -1.75. The summed E-state index contributed by atoms with van der Waals surface area (Å²) in [6, 6.07) is 3.52. The molecule has 1 amide bonds. The lowest BCUT2D eigenvalue weighted by Crippen LogP contribution is -3.17. The van der Waals surface area contributed by atoms with Gasteiger partial charge in [0.15, 0.2) is 6.04 Å². The van der Waals surface area contributed by atoms with E-state index in [0.29, 0.717) is 12.2 Å². The molecule has 1 aliphatic rings. The molecule has 1 fully saturated rings. The summed E-state index contributed by atoms with van der Waals surface area (Å²) in [7, 11) is -4.94. The van der Waals surface area contributed by atoms with Crippen molar-refractivity contribution in [2.24, 2.45) is 0 Å². The summed E-state index contributed by atoms with van der Waals surface area (Å²) in [5.41, 5.74) is 3.12. The summed E-state index contributed by atoms with van der Waals surface area (Å²) >= 11 is 0. The number of piperidine rings is 1. The number of nitrogens with one attached hydrogen (secondary N) is 2. The number of halogens is 1. The van der Waals surface area contributed by atoms with Gasteiger partial charge < -0.3 is 15.0 Å². The van der Waals surface area contributed by atoms with Gasteiger partial charge >= 0.3 is 5.97 Å². The number of benzene rings is 1. The second-order valence-corrected chi connectivity index (χ2v) is 8.18. The summed E-state index contributed by atoms with van der Waals surface area (Å²) in [4.78, 5) is 26.1. The number of rotatable bonds is 6. The minimum Gasteiger partial charge on any atom is -0.462 e. The Balaban J connectivity index is 0.000000804. The van der Waals surface area contributed by atoms with E-state index in [1.54, 1.807) is 12.1 Å². The summed E-state index contributed by atoms with van der Waals surface area (Å²) < 4.78 is 39.2. The van der Waals surface area contributed by atoms with Crippen molar-refractivity contribution >= 4 is 17.6 Å². The molecule has 170 valence electrons. The molecule has 0 radical (unpaired) electrons. The zero-order valence-corrected chi connectivity index (χ0v) is 18.7. The number of quaternary nitrogens is 1. The number of aryl methyl sites for hydroxylation is 2. The highest BCUT2D eigenvalue weighted by Gasteiger charge is 2.27. The summed E-state index contributed by atoms with van der Waals surface area (Å²) in [6.45, 7) is 10.3. The van der Waals surface area contributed by atoms with Gasteiger partial charge in [-0.3, -0.25) is 4.79 Å². The van der Waals surface area contributed by atoms with Gasteiger partial charge in [-0.1, -0.05) is 6.92 Å². The fourth-order valence-electron chi connectivity index (χ4n) is 3.41. The molecule has 0 bridgehead atoms. The molecule has 1 aromatic rings. The van der Waals surface area contributed by atoms with Gasteiger partial charge in [-0.25, -0.2) is 23.4 Å². The Morgan fingerprint density at radius 3 is 2.07 bits per heavy atom. The van der Waals surface area contributed by atoms with E-state index in [9.17, 15) is 9.59 Å². The van der Waals surface area contributed by atoms with Gasteiger partial charge in [0.05, 0.1) is 25.3 Å². The average Bonchev–Trinajstić information content (AvgIpc) is 2.67. The van der Waals surface area contributed by atoms with E-state index < -0.39 is 10.2 Å². The van der Waals surface area contributed by atoms with Crippen LogP contribution in [0.25, 0.3) is 0 Å². The van der Waals surface area contributed by atoms with Crippen molar-refractivity contribution in [2.75, 3.05) is 25.0 Å². The fourth-order valence-corrected chi connectivity index (χ4v) is 3.41. The number of likely N-dealkylation sites (tertiary alicyclic amines) is 1. The number of esters is 1. The Kier molecular flexibility index (Phi) is 10.7. The zero-order valence-electron chi connectivity index (χ0n) is 17.9. The van der Waals surface area contributed by atoms with Crippen LogP contribution in [0.15, 0.2) is 12.1 Å². The molecule has 1 saturated heterocycles. The van der Waals surface area contributed by atoms with Gasteiger partial charge in [0.1, 0.15) is 0 Å². The molecule has 1 aliphatic heterocycles. The van der Waals surface area contributed by atoms with Crippen LogP contribution >= 0.6 is 0 Å². The summed E-state index contributed by atoms with van der Waals surface area (Å²) in [5.74, 6) is -0.263. The number of carbonyl (C=O) groups is 2. The third kappa shape index (κ3) is 9.38. The normalized spacial score (nSPS) is 15.6. The first-order chi connectivity index (χ1) is 13.9. The van der Waals surface area contributed by atoms with Crippen molar-refractivity contribution in [1.29, 1.82) is 0 Å². The van der Waals surface area contributed by atoms with Gasteiger partial charge in [0.25, 0.3) is 5.91 Å². The maximum Gasteiger partial charge on any atom is 0.338 e. The fraction of sp³-hybridized carbons (Fsp3) is 0.600. The van der Waals surface area contributed by atoms with Crippen LogP contribution in [-0.2, 0) is 9.53 Å². The minimum atomic E-state index is -4.94. The van der Waals surface area contributed by atoms with Gasteiger partial charge in [-0.15, -0.1) is 10.2 Å². The lowest BCUT2D eigenvalue weighted by Gasteiger charge is -2.28. The third-order valence-corrected chi connectivity index (χ3v) is 4.96. The van der Waals surface area contributed by atoms with Crippen LogP contribution in [0.4, 0.5) is 5.69 Å². The molecule has 9 nitrogen and oxygen atoms in total. The second kappa shape index (κ2) is 12.2. The van der Waals surface area contributed by atoms with E-state index in [-0.39, 0.29) is 17.9 Å². The molecular weight excluding hydrogens is 416 g/mol. The molecule has 0 spiro atoms. The standard InChI is InChI=1S/C20H30N2O3.ClHO4/c1-5-11-25-20(24)17-12-14(2)18(15(3)13-17)21-19(23)16(4)22-9-7-6-8-10-22;2-1(3,4)5/h12-13,16H,5-11H2,1-4H3,(H,21,23);(H,2,3,4,5). The van der Waals surface area contributed by atoms with Crippen molar-refractivity contribution in [3.05, 3.63) is 28.8 Å². The highest BCUT2D eigenvalue weighted by Crippen LogP contribution is 2.23. The average molecular weight is 447 g/mol. The number of amides is 1. The molecular formula is C20H31ClN2O7. The number of anilines is 1. The smallest absolute Gasteiger partial charge is 0.338 e. The molecule has 0 saturated carbocycles. The molecule has 2 N–H and O–H groups in total. The topological polar surface area (TPSA) is 152 Å². The Morgan fingerprint density at radius 1 is 1.10 bits per heavy atom. The number of hydrogen-bond donors (Lipinski definition) is 2. The van der Waals surface area contributed by atoms with Crippen LogP contribution in [0.2, 0.25) is 0 Å². The lowest BCUT2D eigenvalue weighted by molar-refractivity contribution is -2.00. The lowest BCUT2D eigenvalue weighted by atomic mass is 10.0. The maximum absolute atomic E-state index is 12.7. The van der Waals surface area contributed by atoms with Crippen molar-refractivity contribution in [3.8, 4) is 0 Å². The van der Waals surface area contributed by atoms with Crippen LogP contribution in [0.1, 0.15) is 61.0 Å². The van der Waals surface area contributed by atoms with Crippen LogP contribution in [0.5, 0.6) is 0 Å². The number of ether oxygens (including phenoxy) is 1. The Labute approximate surface area is 179 Å². The van der Waals surface area contributed by atoms with E-state index in [4.69, 9.17) is 23.4 Å². The SMILES string of the molecule is CCCOC(=O)c1cc(C)c(NC(=O)C(C)[NH+]2CCCCC2)c(C)c1.[O-][Cl+3]([O-])([O-])[O-]. The van der Waals surface area contributed by atoms with Crippen molar-refractivity contribution in [1.82, 2.24) is 0 Å². The largest absolute Gasteiger partial charge is 0.462 e. The zero-order chi connectivity index (χ0) is 22.9. The minimum absolute atomic E-state index is 0.0457.